The second-order valence-corrected chi connectivity index (χ2v) is 7.92. The molecule has 0 aliphatic heterocycles. The molecule has 6 nitrogen and oxygen atoms in total. The Morgan fingerprint density at radius 1 is 1.19 bits per heavy atom. The van der Waals surface area contributed by atoms with E-state index < -0.39 is 17.9 Å². The van der Waals surface area contributed by atoms with Gasteiger partial charge in [0.1, 0.15) is 6.04 Å². The lowest BCUT2D eigenvalue weighted by Gasteiger charge is -2.16. The summed E-state index contributed by atoms with van der Waals surface area (Å²) >= 11 is 1.54. The van der Waals surface area contributed by atoms with Crippen LogP contribution in [0.15, 0.2) is 40.8 Å². The number of nitrogens with one attached hydrogen (secondary N) is 2. The van der Waals surface area contributed by atoms with Crippen LogP contribution in [0.25, 0.3) is 0 Å². The number of amides is 2. The summed E-state index contributed by atoms with van der Waals surface area (Å²) < 4.78 is 0. The zero-order chi connectivity index (χ0) is 20.4. The third-order valence-electron chi connectivity index (χ3n) is 3.61. The van der Waals surface area contributed by atoms with Gasteiger partial charge in [0, 0.05) is 10.6 Å². The number of hydrogen-bond donors (Lipinski definition) is 3. The maximum atomic E-state index is 12.4. The lowest BCUT2D eigenvalue weighted by atomic mass is 10.0. The van der Waals surface area contributed by atoms with Crippen LogP contribution in [0, 0.1) is 5.92 Å². The van der Waals surface area contributed by atoms with Crippen LogP contribution in [-0.2, 0) is 9.59 Å². The summed E-state index contributed by atoms with van der Waals surface area (Å²) in [6, 6.07) is 6.24. The average Bonchev–Trinajstić information content (AvgIpc) is 2.58. The fourth-order valence-corrected chi connectivity index (χ4v) is 3.36. The second kappa shape index (κ2) is 11.4. The summed E-state index contributed by atoms with van der Waals surface area (Å²) in [4.78, 5) is 36.5. The Morgan fingerprint density at radius 3 is 2.44 bits per heavy atom. The number of carbonyl (C=O) groups is 3. The molecule has 0 fully saturated rings. The minimum atomic E-state index is -1.08. The van der Waals surface area contributed by atoms with Gasteiger partial charge in [0.15, 0.2) is 0 Å². The molecule has 2 amide bonds. The van der Waals surface area contributed by atoms with Crippen molar-refractivity contribution in [2.24, 2.45) is 5.92 Å². The Balaban J connectivity index is 2.65. The molecule has 3 N–H and O–H groups in total. The number of allylic oxidation sites excluding steroid dienone is 1. The molecule has 1 rings (SSSR count). The molecule has 1 aromatic carbocycles. The van der Waals surface area contributed by atoms with Crippen LogP contribution >= 0.6 is 11.8 Å². The summed E-state index contributed by atoms with van der Waals surface area (Å²) in [5.41, 5.74) is 1.70. The SMILES string of the molecule is CC(C)=CCSc1ccccc1C(=O)NCC(=O)N[C@@H](CC(C)C)C(=O)O. The average molecular weight is 393 g/mol. The van der Waals surface area contributed by atoms with Gasteiger partial charge in [-0.05, 0) is 38.3 Å². The molecule has 0 radical (unpaired) electrons. The van der Waals surface area contributed by atoms with Crippen molar-refractivity contribution in [1.29, 1.82) is 0 Å². The zero-order valence-corrected chi connectivity index (χ0v) is 17.1. The van der Waals surface area contributed by atoms with E-state index in [9.17, 15) is 19.5 Å². The maximum Gasteiger partial charge on any atom is 0.326 e. The number of rotatable bonds is 10. The highest BCUT2D eigenvalue weighted by molar-refractivity contribution is 7.99. The maximum absolute atomic E-state index is 12.4. The predicted octanol–water partition coefficient (Wildman–Crippen LogP) is 3.09. The first-order valence-electron chi connectivity index (χ1n) is 8.86. The van der Waals surface area contributed by atoms with E-state index in [1.807, 2.05) is 39.8 Å². The molecule has 0 saturated carbocycles. The highest BCUT2D eigenvalue weighted by Crippen LogP contribution is 2.23. The molecule has 7 heteroatoms. The van der Waals surface area contributed by atoms with Crippen molar-refractivity contribution in [3.63, 3.8) is 0 Å². The Hall–Kier alpha value is -2.28. The van der Waals surface area contributed by atoms with E-state index >= 15 is 0 Å². The molecular weight excluding hydrogens is 364 g/mol. The Kier molecular flexibility index (Phi) is 9.64. The highest BCUT2D eigenvalue weighted by Gasteiger charge is 2.21. The lowest BCUT2D eigenvalue weighted by Crippen LogP contribution is -2.46. The van der Waals surface area contributed by atoms with E-state index in [-0.39, 0.29) is 18.4 Å². The van der Waals surface area contributed by atoms with Gasteiger partial charge in [-0.15, -0.1) is 11.8 Å². The smallest absolute Gasteiger partial charge is 0.326 e. The topological polar surface area (TPSA) is 95.5 Å². The summed E-state index contributed by atoms with van der Waals surface area (Å²) in [6.45, 7) is 7.53. The molecule has 148 valence electrons. The van der Waals surface area contributed by atoms with Crippen molar-refractivity contribution in [3.05, 3.63) is 41.5 Å². The molecule has 27 heavy (non-hydrogen) atoms. The molecule has 0 bridgehead atoms. The number of carboxylic acid groups (broad SMARTS) is 1. The van der Waals surface area contributed by atoms with Crippen molar-refractivity contribution in [2.75, 3.05) is 12.3 Å². The van der Waals surface area contributed by atoms with Crippen LogP contribution in [-0.4, -0.2) is 41.2 Å². The molecule has 0 aliphatic carbocycles. The molecule has 0 aromatic heterocycles. The number of thioether (sulfide) groups is 1. The first-order chi connectivity index (χ1) is 12.7. The first kappa shape index (κ1) is 22.8. The third kappa shape index (κ3) is 8.77. The third-order valence-corrected chi connectivity index (χ3v) is 4.61. The Morgan fingerprint density at radius 2 is 1.85 bits per heavy atom. The number of aliphatic carboxylic acids is 1. The van der Waals surface area contributed by atoms with Gasteiger partial charge < -0.3 is 15.7 Å². The molecular formula is C20H28N2O4S. The van der Waals surface area contributed by atoms with Crippen molar-refractivity contribution < 1.29 is 19.5 Å². The van der Waals surface area contributed by atoms with Gasteiger partial charge in [-0.3, -0.25) is 9.59 Å². The standard InChI is InChI=1S/C20H28N2O4S/c1-13(2)9-10-27-17-8-6-5-7-15(17)19(24)21-12-18(23)22-16(20(25)26)11-14(3)4/h5-9,14,16H,10-12H2,1-4H3,(H,21,24)(H,22,23)(H,25,26)/t16-/m0/s1. The largest absolute Gasteiger partial charge is 0.480 e. The van der Waals surface area contributed by atoms with Gasteiger partial charge in [-0.2, -0.15) is 0 Å². The lowest BCUT2D eigenvalue weighted by molar-refractivity contribution is -0.142. The van der Waals surface area contributed by atoms with E-state index in [1.165, 1.54) is 5.57 Å². The molecule has 0 aliphatic rings. The monoisotopic (exact) mass is 392 g/mol. The predicted molar refractivity (Wildman–Crippen MR) is 108 cm³/mol. The molecule has 0 heterocycles. The van der Waals surface area contributed by atoms with Crippen LogP contribution in [0.5, 0.6) is 0 Å². The fraction of sp³-hybridized carbons (Fsp3) is 0.450. The molecule has 0 unspecified atom stereocenters. The van der Waals surface area contributed by atoms with Crippen LogP contribution in [0.1, 0.15) is 44.5 Å². The van der Waals surface area contributed by atoms with Crippen molar-refractivity contribution in [1.82, 2.24) is 10.6 Å². The summed E-state index contributed by atoms with van der Waals surface area (Å²) in [5.74, 6) is -1.08. The van der Waals surface area contributed by atoms with Crippen LogP contribution in [0.4, 0.5) is 0 Å². The quantitative estimate of drug-likeness (QED) is 0.420. The van der Waals surface area contributed by atoms with Gasteiger partial charge in [0.2, 0.25) is 5.91 Å². The van der Waals surface area contributed by atoms with Crippen LogP contribution in [0.3, 0.4) is 0 Å². The number of carbonyl (C=O) groups excluding carboxylic acids is 2. The normalized spacial score (nSPS) is 11.6. The summed E-state index contributed by atoms with van der Waals surface area (Å²) in [6.07, 6.45) is 2.41. The summed E-state index contributed by atoms with van der Waals surface area (Å²) in [5, 5.41) is 14.2. The van der Waals surface area contributed by atoms with E-state index in [1.54, 1.807) is 23.9 Å². The second-order valence-electron chi connectivity index (χ2n) is 6.86. The van der Waals surface area contributed by atoms with Gasteiger partial charge in [-0.25, -0.2) is 4.79 Å². The van der Waals surface area contributed by atoms with Crippen molar-refractivity contribution in [2.45, 2.75) is 45.1 Å². The van der Waals surface area contributed by atoms with E-state index in [4.69, 9.17) is 0 Å². The van der Waals surface area contributed by atoms with Crippen molar-refractivity contribution in [3.8, 4) is 0 Å². The number of benzene rings is 1. The van der Waals surface area contributed by atoms with Gasteiger partial charge in [-0.1, -0.05) is 37.6 Å². The first-order valence-corrected chi connectivity index (χ1v) is 9.84. The molecule has 1 aromatic rings. The van der Waals surface area contributed by atoms with Crippen LogP contribution in [0.2, 0.25) is 0 Å². The fourth-order valence-electron chi connectivity index (χ4n) is 2.27. The summed E-state index contributed by atoms with van der Waals surface area (Å²) in [7, 11) is 0. The van der Waals surface area contributed by atoms with E-state index in [0.717, 1.165) is 10.6 Å². The van der Waals surface area contributed by atoms with Gasteiger partial charge in [0.25, 0.3) is 5.91 Å². The van der Waals surface area contributed by atoms with E-state index in [0.29, 0.717) is 12.0 Å². The minimum Gasteiger partial charge on any atom is -0.480 e. The van der Waals surface area contributed by atoms with Crippen molar-refractivity contribution >= 4 is 29.5 Å². The minimum absolute atomic E-state index is 0.130. The molecule has 1 atom stereocenters. The van der Waals surface area contributed by atoms with Gasteiger partial charge >= 0.3 is 5.97 Å². The van der Waals surface area contributed by atoms with Crippen LogP contribution < -0.4 is 10.6 Å². The highest BCUT2D eigenvalue weighted by atomic mass is 32.2. The van der Waals surface area contributed by atoms with Gasteiger partial charge in [0.05, 0.1) is 12.1 Å². The Labute approximate surface area is 164 Å². The Bertz CT molecular complexity index is 697. The number of hydrogen-bond acceptors (Lipinski definition) is 4. The molecule has 0 spiro atoms. The molecule has 0 saturated heterocycles. The van der Waals surface area contributed by atoms with E-state index in [2.05, 4.69) is 16.7 Å². The zero-order valence-electron chi connectivity index (χ0n) is 16.2. The number of carboxylic acids is 1.